The van der Waals surface area contributed by atoms with Crippen LogP contribution in [-0.2, 0) is 13.1 Å². The van der Waals surface area contributed by atoms with Gasteiger partial charge in [0, 0.05) is 69.1 Å². The van der Waals surface area contributed by atoms with Crippen LogP contribution >= 0.6 is 0 Å². The minimum atomic E-state index is -0.307. The van der Waals surface area contributed by atoms with E-state index in [0.717, 1.165) is 44.6 Å². The Hall–Kier alpha value is -3.06. The Morgan fingerprint density at radius 3 is 2.50 bits per heavy atom. The van der Waals surface area contributed by atoms with Gasteiger partial charge in [0.25, 0.3) is 0 Å². The monoisotopic (exact) mass is 530 g/mol. The van der Waals surface area contributed by atoms with Crippen LogP contribution in [0.3, 0.4) is 0 Å². The number of piperazine rings is 1. The van der Waals surface area contributed by atoms with Gasteiger partial charge in [-0.25, -0.2) is 9.37 Å². The molecule has 208 valence electrons. The highest BCUT2D eigenvalue weighted by Gasteiger charge is 2.21. The van der Waals surface area contributed by atoms with Gasteiger partial charge in [0.15, 0.2) is 5.82 Å². The Bertz CT molecular complexity index is 1190. The van der Waals surface area contributed by atoms with E-state index in [2.05, 4.69) is 37.1 Å². The van der Waals surface area contributed by atoms with E-state index in [1.165, 1.54) is 13.2 Å². The van der Waals surface area contributed by atoms with E-state index in [-0.39, 0.29) is 31.0 Å². The van der Waals surface area contributed by atoms with Crippen LogP contribution in [0.2, 0.25) is 0 Å². The average Bonchev–Trinajstić information content (AvgIpc) is 3.29. The van der Waals surface area contributed by atoms with E-state index in [1.54, 1.807) is 10.9 Å². The smallest absolute Gasteiger partial charge is 0.222 e. The van der Waals surface area contributed by atoms with Gasteiger partial charge in [0.1, 0.15) is 22.6 Å². The number of halogens is 1. The number of anilines is 2. The number of nitrogens with one attached hydrogen (secondary N) is 1. The second-order valence-electron chi connectivity index (χ2n) is 9.71. The largest absolute Gasteiger partial charge is 0.496 e. The Kier molecular flexibility index (Phi) is 9.67. The van der Waals surface area contributed by atoms with Gasteiger partial charge in [0.05, 0.1) is 26.5 Å². The molecule has 1 saturated heterocycles. The number of aliphatic hydroxyl groups excluding tert-OH is 2. The number of nitrogens with two attached hydrogens (primary N) is 1. The molecule has 3 aromatic rings. The van der Waals surface area contributed by atoms with Crippen molar-refractivity contribution < 1.29 is 19.3 Å². The fourth-order valence-corrected chi connectivity index (χ4v) is 5.02. The summed E-state index contributed by atoms with van der Waals surface area (Å²) in [7, 11) is 1.53. The van der Waals surface area contributed by atoms with Gasteiger partial charge in [-0.15, -0.1) is 0 Å². The van der Waals surface area contributed by atoms with Crippen molar-refractivity contribution in [3.8, 4) is 5.75 Å². The molecule has 38 heavy (non-hydrogen) atoms. The lowest BCUT2D eigenvalue weighted by atomic mass is 10.1. The maximum absolute atomic E-state index is 15.1. The minimum Gasteiger partial charge on any atom is -0.496 e. The van der Waals surface area contributed by atoms with Crippen LogP contribution in [-0.4, -0.2) is 98.9 Å². The van der Waals surface area contributed by atoms with Crippen LogP contribution in [0.4, 0.5) is 16.2 Å². The number of β-amino-alcohol motifs (C(OH)–C–C–N with tert-alkyl or cyclic N) is 1. The zero-order valence-corrected chi connectivity index (χ0v) is 22.2. The Balaban J connectivity index is 1.61. The van der Waals surface area contributed by atoms with Gasteiger partial charge in [-0.2, -0.15) is 10.1 Å². The molecule has 1 atom stereocenters. The number of ether oxygens (including phenoxy) is 1. The highest BCUT2D eigenvalue weighted by molar-refractivity contribution is 5.86. The number of fused-ring (bicyclic) bond motifs is 1. The third kappa shape index (κ3) is 6.68. The molecule has 4 rings (SSSR count). The number of hydrogen-bond donors (Lipinski definition) is 4. The van der Waals surface area contributed by atoms with Gasteiger partial charge in [-0.3, -0.25) is 14.5 Å². The fourth-order valence-electron chi connectivity index (χ4n) is 5.02. The number of aliphatic hydroxyl groups is 2. The number of methoxy groups -OCH3 is 1. The van der Waals surface area contributed by atoms with E-state index >= 15 is 4.39 Å². The van der Waals surface area contributed by atoms with Gasteiger partial charge in [0.2, 0.25) is 5.95 Å². The molecular formula is C26H39FN8O3. The first-order chi connectivity index (χ1) is 18.4. The predicted octanol–water partition coefficient (Wildman–Crippen LogP) is 1.68. The maximum Gasteiger partial charge on any atom is 0.222 e. The number of nitrogen functional groups attached to an aromatic ring is 1. The van der Waals surface area contributed by atoms with Crippen LogP contribution in [0.25, 0.3) is 11.0 Å². The van der Waals surface area contributed by atoms with Crippen LogP contribution in [0.1, 0.15) is 37.3 Å². The van der Waals surface area contributed by atoms with Crippen LogP contribution in [0.15, 0.2) is 18.3 Å². The lowest BCUT2D eigenvalue weighted by molar-refractivity contribution is 0.108. The predicted molar refractivity (Wildman–Crippen MR) is 145 cm³/mol. The molecule has 1 aliphatic rings. The summed E-state index contributed by atoms with van der Waals surface area (Å²) in [5.74, 6) is 0.828. The molecule has 0 spiro atoms. The maximum atomic E-state index is 15.1. The number of hydrogen-bond acceptors (Lipinski definition) is 10. The first-order valence-electron chi connectivity index (χ1n) is 13.2. The molecule has 1 aliphatic heterocycles. The summed E-state index contributed by atoms with van der Waals surface area (Å²) in [5.41, 5.74) is 8.64. The standard InChI is InChI=1S/C26H39FN8O3/c1-3-4-20(5-11-36)30-25-24-22(31-26(28)32-25)15-29-35(24)17-19-13-18(21(27)14-23(19)38-2)16-34-8-6-33(7-9-34)10-12-37/h13-15,20,36-37H,3-12,16-17H2,1-2H3,(H3,28,30,31,32)/t20-/m0/s1. The van der Waals surface area contributed by atoms with E-state index in [0.29, 0.717) is 54.2 Å². The molecule has 5 N–H and O–H groups in total. The molecule has 2 aromatic heterocycles. The van der Waals surface area contributed by atoms with Crippen molar-refractivity contribution in [2.75, 3.05) is 64.1 Å². The molecule has 1 aromatic carbocycles. The van der Waals surface area contributed by atoms with Crippen molar-refractivity contribution in [1.29, 1.82) is 0 Å². The summed E-state index contributed by atoms with van der Waals surface area (Å²) in [6, 6.07) is 3.30. The van der Waals surface area contributed by atoms with Gasteiger partial charge in [-0.1, -0.05) is 13.3 Å². The molecule has 11 nitrogen and oxygen atoms in total. The van der Waals surface area contributed by atoms with Crippen LogP contribution < -0.4 is 15.8 Å². The van der Waals surface area contributed by atoms with E-state index in [9.17, 15) is 10.2 Å². The molecule has 0 radical (unpaired) electrons. The zero-order valence-electron chi connectivity index (χ0n) is 22.2. The Labute approximate surface area is 222 Å². The van der Waals surface area contributed by atoms with Crippen molar-refractivity contribution in [1.82, 2.24) is 29.5 Å². The van der Waals surface area contributed by atoms with Crippen LogP contribution in [0, 0.1) is 5.82 Å². The topological polar surface area (TPSA) is 138 Å². The summed E-state index contributed by atoms with van der Waals surface area (Å²) in [6.45, 7) is 7.09. The third-order valence-electron chi connectivity index (χ3n) is 7.01. The normalized spacial score (nSPS) is 15.7. The van der Waals surface area contributed by atoms with Gasteiger partial charge < -0.3 is 26.0 Å². The Morgan fingerprint density at radius 2 is 1.82 bits per heavy atom. The lowest BCUT2D eigenvalue weighted by Crippen LogP contribution is -2.46. The number of nitrogens with zero attached hydrogens (tertiary/aromatic N) is 6. The van der Waals surface area contributed by atoms with Crippen molar-refractivity contribution >= 4 is 22.8 Å². The highest BCUT2D eigenvalue weighted by Crippen LogP contribution is 2.28. The van der Waals surface area contributed by atoms with Gasteiger partial charge >= 0.3 is 0 Å². The molecule has 0 unspecified atom stereocenters. The van der Waals surface area contributed by atoms with Crippen LogP contribution in [0.5, 0.6) is 5.75 Å². The van der Waals surface area contributed by atoms with E-state index in [1.807, 2.05) is 6.07 Å². The van der Waals surface area contributed by atoms with Crippen molar-refractivity contribution in [2.24, 2.45) is 0 Å². The summed E-state index contributed by atoms with van der Waals surface area (Å²) in [4.78, 5) is 13.2. The number of rotatable bonds is 13. The second-order valence-corrected chi connectivity index (χ2v) is 9.71. The molecule has 12 heteroatoms. The summed E-state index contributed by atoms with van der Waals surface area (Å²) < 4.78 is 22.4. The molecule has 0 saturated carbocycles. The van der Waals surface area contributed by atoms with E-state index in [4.69, 9.17) is 10.5 Å². The first kappa shape index (κ1) is 28.0. The fraction of sp³-hybridized carbons (Fsp3) is 0.577. The number of aromatic nitrogens is 4. The van der Waals surface area contributed by atoms with Crippen molar-refractivity contribution in [2.45, 2.75) is 45.3 Å². The lowest BCUT2D eigenvalue weighted by Gasteiger charge is -2.34. The summed E-state index contributed by atoms with van der Waals surface area (Å²) >= 11 is 0. The molecular weight excluding hydrogens is 491 g/mol. The van der Waals surface area contributed by atoms with Crippen molar-refractivity contribution in [3.63, 3.8) is 0 Å². The van der Waals surface area contributed by atoms with E-state index < -0.39 is 0 Å². The minimum absolute atomic E-state index is 0.0238. The summed E-state index contributed by atoms with van der Waals surface area (Å²) in [5, 5.41) is 26.6. The van der Waals surface area contributed by atoms with Crippen molar-refractivity contribution in [3.05, 3.63) is 35.3 Å². The second kappa shape index (κ2) is 13.1. The van der Waals surface area contributed by atoms with Gasteiger partial charge in [-0.05, 0) is 18.9 Å². The zero-order chi connectivity index (χ0) is 27.1. The highest BCUT2D eigenvalue weighted by atomic mass is 19.1. The quantitative estimate of drug-likeness (QED) is 0.258. The molecule has 0 amide bonds. The Morgan fingerprint density at radius 1 is 1.05 bits per heavy atom. The molecule has 3 heterocycles. The molecule has 0 aliphatic carbocycles. The third-order valence-corrected chi connectivity index (χ3v) is 7.01. The SMILES string of the molecule is CCC[C@@H](CCO)Nc1nc(N)nc2cnn(Cc3cc(CN4CCN(CCO)CC4)c(F)cc3OC)c12. The first-order valence-corrected chi connectivity index (χ1v) is 13.2. The molecule has 1 fully saturated rings. The summed E-state index contributed by atoms with van der Waals surface area (Å²) in [6.07, 6.45) is 4.04. The molecule has 0 bridgehead atoms. The number of benzene rings is 1. The average molecular weight is 531 g/mol.